The molecule has 290 valence electrons. The smallest absolute Gasteiger partial charge is 0.410 e. The first-order valence-corrected chi connectivity index (χ1v) is 20.1. The fourth-order valence-corrected chi connectivity index (χ4v) is 7.21. The molecule has 3 aromatic rings. The summed E-state index contributed by atoms with van der Waals surface area (Å²) in [6.07, 6.45) is 5.71. The molecule has 4 heterocycles. The summed E-state index contributed by atoms with van der Waals surface area (Å²) in [5, 5.41) is 3.56. The largest absolute Gasteiger partial charge is 0.447 e. The lowest BCUT2D eigenvalue weighted by molar-refractivity contribution is -0.125. The highest BCUT2D eigenvalue weighted by atomic mass is 127. The normalized spacial score (nSPS) is 15.2. The van der Waals surface area contributed by atoms with Gasteiger partial charge >= 0.3 is 6.09 Å². The molecule has 2 aliphatic heterocycles. The third-order valence-electron chi connectivity index (χ3n) is 9.36. The maximum atomic E-state index is 14.4. The Balaban J connectivity index is 1.11. The average Bonchev–Trinajstić information content (AvgIpc) is 3.59. The van der Waals surface area contributed by atoms with Crippen LogP contribution in [0.3, 0.4) is 0 Å². The summed E-state index contributed by atoms with van der Waals surface area (Å²) < 4.78 is 29.8. The number of hydrogen-bond donors (Lipinski definition) is 1. The van der Waals surface area contributed by atoms with E-state index >= 15 is 0 Å². The average molecular weight is 869 g/mol. The number of benzene rings is 1. The van der Waals surface area contributed by atoms with E-state index in [0.717, 1.165) is 41.0 Å². The van der Waals surface area contributed by atoms with E-state index in [1.807, 2.05) is 38.1 Å². The molecule has 1 saturated heterocycles. The molecular formula is C37H50ClIN6O8. The van der Waals surface area contributed by atoms with Gasteiger partial charge in [-0.15, -0.1) is 0 Å². The maximum Gasteiger partial charge on any atom is 0.410 e. The van der Waals surface area contributed by atoms with E-state index in [9.17, 15) is 14.4 Å². The number of carbonyl (C=O) groups is 3. The number of carbonyl (C=O) groups excluding carboxylic acids is 3. The minimum atomic E-state index is -0.747. The molecule has 1 N–H and O–H groups in total. The van der Waals surface area contributed by atoms with Crippen LogP contribution >= 0.6 is 34.2 Å². The SMILES string of the molecule is CC(C)OC(=O)N1CCC2(CC1)C(=O)N(Cc1nc3cc(Cl)ccc3n1CCCCNC(=O)CCOCCOCCOCCOCI)c1cnccc12. The summed E-state index contributed by atoms with van der Waals surface area (Å²) >= 11 is 8.49. The third-order valence-corrected chi connectivity index (χ3v) is 10.0. The summed E-state index contributed by atoms with van der Waals surface area (Å²) in [5.41, 5.74) is 2.63. The summed E-state index contributed by atoms with van der Waals surface area (Å²) in [6.45, 7) is 9.23. The molecule has 0 bridgehead atoms. The van der Waals surface area contributed by atoms with Gasteiger partial charge in [-0.2, -0.15) is 0 Å². The Hall–Kier alpha value is -3.09. The molecular weight excluding hydrogens is 819 g/mol. The number of pyridine rings is 1. The van der Waals surface area contributed by atoms with Crippen molar-refractivity contribution in [3.8, 4) is 0 Å². The quantitative estimate of drug-likeness (QED) is 0.0856. The minimum absolute atomic E-state index is 0.00768. The number of nitrogens with one attached hydrogen (secondary N) is 1. The first-order valence-electron chi connectivity index (χ1n) is 18.2. The fraction of sp³-hybridized carbons (Fsp3) is 0.595. The molecule has 1 aromatic carbocycles. The molecule has 3 amide bonds. The zero-order valence-corrected chi connectivity index (χ0v) is 33.4. The van der Waals surface area contributed by atoms with Crippen molar-refractivity contribution < 1.29 is 38.1 Å². The van der Waals surface area contributed by atoms with Crippen molar-refractivity contribution in [2.75, 3.05) is 75.4 Å². The van der Waals surface area contributed by atoms with Crippen molar-refractivity contribution in [1.82, 2.24) is 24.8 Å². The Labute approximate surface area is 329 Å². The number of rotatable bonds is 21. The van der Waals surface area contributed by atoms with Crippen LogP contribution in [-0.4, -0.2) is 114 Å². The number of halogens is 2. The molecule has 1 spiro atoms. The predicted molar refractivity (Wildman–Crippen MR) is 208 cm³/mol. The monoisotopic (exact) mass is 868 g/mol. The molecule has 0 unspecified atom stereocenters. The summed E-state index contributed by atoms with van der Waals surface area (Å²) in [7, 11) is 0. The van der Waals surface area contributed by atoms with Crippen LogP contribution in [0.1, 0.15) is 57.3 Å². The number of aryl methyl sites for hydroxylation is 1. The van der Waals surface area contributed by atoms with Gasteiger partial charge in [0.2, 0.25) is 11.8 Å². The minimum Gasteiger partial charge on any atom is -0.447 e. The van der Waals surface area contributed by atoms with Gasteiger partial charge in [-0.25, -0.2) is 9.78 Å². The van der Waals surface area contributed by atoms with E-state index in [1.54, 1.807) is 22.2 Å². The van der Waals surface area contributed by atoms with E-state index in [-0.39, 0.29) is 37.0 Å². The number of ether oxygens (including phenoxy) is 5. The van der Waals surface area contributed by atoms with Crippen molar-refractivity contribution in [2.45, 2.75) is 70.6 Å². The number of hydrogen-bond acceptors (Lipinski definition) is 10. The Kier molecular flexibility index (Phi) is 15.9. The molecule has 2 aliphatic rings. The van der Waals surface area contributed by atoms with Gasteiger partial charge in [0.05, 0.1) is 91.8 Å². The van der Waals surface area contributed by atoms with Gasteiger partial charge in [0.15, 0.2) is 0 Å². The highest BCUT2D eigenvalue weighted by Crippen LogP contribution is 2.48. The van der Waals surface area contributed by atoms with Crippen LogP contribution in [0, 0.1) is 0 Å². The lowest BCUT2D eigenvalue weighted by atomic mass is 9.74. The van der Waals surface area contributed by atoms with Crippen LogP contribution in [0.4, 0.5) is 10.5 Å². The van der Waals surface area contributed by atoms with Crippen LogP contribution in [0.2, 0.25) is 5.02 Å². The molecule has 2 aromatic heterocycles. The molecule has 5 rings (SSSR count). The van der Waals surface area contributed by atoms with E-state index in [0.29, 0.717) is 94.9 Å². The van der Waals surface area contributed by atoms with Gasteiger partial charge in [0, 0.05) is 43.8 Å². The topological polar surface area (TPSA) is 147 Å². The van der Waals surface area contributed by atoms with Crippen LogP contribution < -0.4 is 10.2 Å². The number of piperidine rings is 1. The number of imidazole rings is 1. The first-order chi connectivity index (χ1) is 25.7. The molecule has 0 atom stereocenters. The summed E-state index contributed by atoms with van der Waals surface area (Å²) in [6, 6.07) is 7.55. The van der Waals surface area contributed by atoms with Crippen molar-refractivity contribution in [2.24, 2.45) is 0 Å². The number of aromatic nitrogens is 3. The standard InChI is InChI=1S/C37H50ClIN6O8/c1-27(2)53-36(48)43-14-9-37(10-15-43)29-7-12-40-24-32(29)45(35(37)47)25-33-42-30-23-28(38)5-6-31(30)44(33)13-4-3-11-41-34(46)8-16-49-17-18-50-19-20-51-21-22-52-26-39/h5-7,12,23-24,27H,3-4,8-11,13-22,25-26H2,1-2H3,(H,41,46). The zero-order valence-electron chi connectivity index (χ0n) is 30.5. The molecule has 53 heavy (non-hydrogen) atoms. The second-order valence-corrected chi connectivity index (χ2v) is 14.3. The fourth-order valence-electron chi connectivity index (χ4n) is 6.73. The molecule has 0 aliphatic carbocycles. The van der Waals surface area contributed by atoms with Crippen LogP contribution in [0.15, 0.2) is 36.7 Å². The van der Waals surface area contributed by atoms with E-state index < -0.39 is 5.41 Å². The third kappa shape index (κ3) is 11.0. The number of alkyl halides is 1. The number of nitrogens with zero attached hydrogens (tertiary/aromatic N) is 5. The Morgan fingerprint density at radius 2 is 1.68 bits per heavy atom. The van der Waals surface area contributed by atoms with Crippen molar-refractivity contribution in [1.29, 1.82) is 0 Å². The van der Waals surface area contributed by atoms with E-state index in [2.05, 4.69) is 37.5 Å². The van der Waals surface area contributed by atoms with Gasteiger partial charge in [-0.1, -0.05) is 34.2 Å². The van der Waals surface area contributed by atoms with E-state index in [1.165, 1.54) is 0 Å². The number of likely N-dealkylation sites (tertiary alicyclic amines) is 1. The molecule has 0 radical (unpaired) electrons. The highest BCUT2D eigenvalue weighted by molar-refractivity contribution is 14.1. The number of anilines is 1. The molecule has 0 saturated carbocycles. The van der Waals surface area contributed by atoms with Gasteiger partial charge in [-0.05, 0) is 69.4 Å². The van der Waals surface area contributed by atoms with Gasteiger partial charge in [0.25, 0.3) is 0 Å². The number of unbranched alkanes of at least 4 members (excludes halogenated alkanes) is 1. The van der Waals surface area contributed by atoms with Gasteiger partial charge < -0.3 is 43.4 Å². The van der Waals surface area contributed by atoms with Crippen molar-refractivity contribution in [3.63, 3.8) is 0 Å². The summed E-state index contributed by atoms with van der Waals surface area (Å²) in [4.78, 5) is 52.2. The Bertz CT molecular complexity index is 1670. The second kappa shape index (κ2) is 20.6. The first kappa shape index (κ1) is 41.1. The van der Waals surface area contributed by atoms with Crippen LogP contribution in [0.25, 0.3) is 11.0 Å². The lowest BCUT2D eigenvalue weighted by Crippen LogP contribution is -2.50. The van der Waals surface area contributed by atoms with Gasteiger partial charge in [0.1, 0.15) is 5.82 Å². The van der Waals surface area contributed by atoms with Crippen LogP contribution in [-0.2, 0) is 51.8 Å². The number of fused-ring (bicyclic) bond motifs is 3. The second-order valence-electron chi connectivity index (χ2n) is 13.3. The zero-order chi connectivity index (χ0) is 37.6. The van der Waals surface area contributed by atoms with Crippen molar-refractivity contribution >= 4 is 68.8 Å². The van der Waals surface area contributed by atoms with Gasteiger partial charge in [-0.3, -0.25) is 14.6 Å². The molecule has 14 nitrogen and oxygen atoms in total. The highest BCUT2D eigenvalue weighted by Gasteiger charge is 2.53. The van der Waals surface area contributed by atoms with Crippen molar-refractivity contribution in [3.05, 3.63) is 53.1 Å². The van der Waals surface area contributed by atoms with Crippen LogP contribution in [0.5, 0.6) is 0 Å². The molecule has 1 fully saturated rings. The molecule has 16 heteroatoms. The Morgan fingerprint density at radius 3 is 2.38 bits per heavy atom. The maximum absolute atomic E-state index is 14.4. The van der Waals surface area contributed by atoms with E-state index in [4.69, 9.17) is 40.3 Å². The Morgan fingerprint density at radius 1 is 0.981 bits per heavy atom. The lowest BCUT2D eigenvalue weighted by Gasteiger charge is -2.38. The predicted octanol–water partition coefficient (Wildman–Crippen LogP) is 5.26. The number of amides is 3. The summed E-state index contributed by atoms with van der Waals surface area (Å²) in [5.74, 6) is 0.666.